The minimum Gasteiger partial charge on any atom is -0.491 e. The molecule has 4 heteroatoms. The molecule has 0 spiro atoms. The molecule has 6 aromatic rings. The molecule has 2 N–H and O–H groups in total. The van der Waals surface area contributed by atoms with Gasteiger partial charge in [-0.3, -0.25) is 0 Å². The van der Waals surface area contributed by atoms with Crippen molar-refractivity contribution in [3.8, 4) is 33.8 Å². The van der Waals surface area contributed by atoms with Crippen LogP contribution in [0.25, 0.3) is 33.0 Å². The van der Waals surface area contributed by atoms with Gasteiger partial charge in [0.15, 0.2) is 0 Å². The van der Waals surface area contributed by atoms with Gasteiger partial charge in [0.1, 0.15) is 24.7 Å². The minimum atomic E-state index is -0.600. The SMILES string of the molecule is OCCOc1ccc(C2(c3ccc(OCCO)cc3)c3ccccc3-c3ccc(-c4cccc5ccccc45)cc32)cc1. The monoisotopic (exact) mass is 564 g/mol. The van der Waals surface area contributed by atoms with Crippen LogP contribution in [0.5, 0.6) is 11.5 Å². The zero-order valence-corrected chi connectivity index (χ0v) is 23.7. The molecule has 0 saturated carbocycles. The molecule has 6 aromatic carbocycles. The molecule has 0 amide bonds. The Morgan fingerprint density at radius 1 is 0.488 bits per heavy atom. The summed E-state index contributed by atoms with van der Waals surface area (Å²) in [5.74, 6) is 1.44. The fourth-order valence-corrected chi connectivity index (χ4v) is 6.64. The van der Waals surface area contributed by atoms with Crippen LogP contribution in [0.15, 0.2) is 133 Å². The van der Waals surface area contributed by atoms with Crippen LogP contribution in [-0.2, 0) is 5.41 Å². The van der Waals surface area contributed by atoms with Gasteiger partial charge in [0.25, 0.3) is 0 Å². The maximum absolute atomic E-state index is 9.28. The lowest BCUT2D eigenvalue weighted by Gasteiger charge is -2.34. The van der Waals surface area contributed by atoms with Crippen LogP contribution in [0, 0.1) is 0 Å². The number of hydrogen-bond donors (Lipinski definition) is 2. The van der Waals surface area contributed by atoms with Gasteiger partial charge in [-0.25, -0.2) is 0 Å². The molecule has 1 aliphatic rings. The predicted octanol–water partition coefficient (Wildman–Crippen LogP) is 7.61. The highest BCUT2D eigenvalue weighted by Gasteiger charge is 2.46. The van der Waals surface area contributed by atoms with Gasteiger partial charge in [-0.1, -0.05) is 103 Å². The summed E-state index contributed by atoms with van der Waals surface area (Å²) in [6.45, 7) is 0.432. The molecular weight excluding hydrogens is 532 g/mol. The zero-order chi connectivity index (χ0) is 29.2. The molecule has 0 heterocycles. The van der Waals surface area contributed by atoms with Crippen molar-refractivity contribution in [3.05, 3.63) is 156 Å². The van der Waals surface area contributed by atoms with Crippen molar-refractivity contribution in [1.82, 2.24) is 0 Å². The fraction of sp³-hybridized carbons (Fsp3) is 0.128. The zero-order valence-electron chi connectivity index (χ0n) is 23.7. The largest absolute Gasteiger partial charge is 0.491 e. The number of rotatable bonds is 9. The summed E-state index contributed by atoms with van der Waals surface area (Å²) in [6, 6.07) is 47.1. The van der Waals surface area contributed by atoms with Crippen LogP contribution in [-0.4, -0.2) is 36.6 Å². The normalized spacial score (nSPS) is 13.0. The minimum absolute atomic E-state index is 0.0336. The molecule has 0 aliphatic heterocycles. The molecule has 0 atom stereocenters. The van der Waals surface area contributed by atoms with E-state index < -0.39 is 5.41 Å². The maximum atomic E-state index is 9.28. The van der Waals surface area contributed by atoms with Gasteiger partial charge >= 0.3 is 0 Å². The first-order chi connectivity index (χ1) is 21.2. The third-order valence-corrected chi connectivity index (χ3v) is 8.44. The highest BCUT2D eigenvalue weighted by Crippen LogP contribution is 2.57. The van der Waals surface area contributed by atoms with E-state index in [1.54, 1.807) is 0 Å². The van der Waals surface area contributed by atoms with E-state index in [2.05, 4.69) is 109 Å². The van der Waals surface area contributed by atoms with E-state index in [-0.39, 0.29) is 26.4 Å². The first-order valence-corrected chi connectivity index (χ1v) is 14.6. The van der Waals surface area contributed by atoms with Gasteiger partial charge < -0.3 is 19.7 Å². The molecule has 0 fully saturated rings. The molecule has 4 nitrogen and oxygen atoms in total. The second-order valence-corrected chi connectivity index (χ2v) is 10.8. The van der Waals surface area contributed by atoms with Crippen LogP contribution >= 0.6 is 0 Å². The lowest BCUT2D eigenvalue weighted by molar-refractivity contribution is 0.201. The number of aliphatic hydroxyl groups is 2. The van der Waals surface area contributed by atoms with Gasteiger partial charge in [-0.15, -0.1) is 0 Å². The predicted molar refractivity (Wildman–Crippen MR) is 172 cm³/mol. The van der Waals surface area contributed by atoms with Crippen molar-refractivity contribution in [2.45, 2.75) is 5.41 Å². The Morgan fingerprint density at radius 2 is 1.05 bits per heavy atom. The first kappa shape index (κ1) is 27.0. The fourth-order valence-electron chi connectivity index (χ4n) is 6.64. The third-order valence-electron chi connectivity index (χ3n) is 8.44. The Hall–Kier alpha value is -4.90. The smallest absolute Gasteiger partial charge is 0.119 e. The second-order valence-electron chi connectivity index (χ2n) is 10.8. The summed E-state index contributed by atoms with van der Waals surface area (Å²) < 4.78 is 11.5. The molecule has 1 aliphatic carbocycles. The average molecular weight is 565 g/mol. The van der Waals surface area contributed by atoms with E-state index in [0.717, 1.165) is 22.6 Å². The van der Waals surface area contributed by atoms with E-state index in [0.29, 0.717) is 0 Å². The van der Waals surface area contributed by atoms with Gasteiger partial charge in [0.2, 0.25) is 0 Å². The summed E-state index contributed by atoms with van der Waals surface area (Å²) in [7, 11) is 0. The number of aliphatic hydroxyl groups excluding tert-OH is 2. The third kappa shape index (κ3) is 4.56. The van der Waals surface area contributed by atoms with Crippen LogP contribution in [0.2, 0.25) is 0 Å². The molecule has 0 radical (unpaired) electrons. The number of hydrogen-bond acceptors (Lipinski definition) is 4. The van der Waals surface area contributed by atoms with Crippen LogP contribution in [0.3, 0.4) is 0 Å². The highest BCUT2D eigenvalue weighted by atomic mass is 16.5. The van der Waals surface area contributed by atoms with E-state index in [4.69, 9.17) is 9.47 Å². The van der Waals surface area contributed by atoms with Crippen LogP contribution < -0.4 is 9.47 Å². The maximum Gasteiger partial charge on any atom is 0.119 e. The highest BCUT2D eigenvalue weighted by molar-refractivity contribution is 5.98. The van der Waals surface area contributed by atoms with Crippen molar-refractivity contribution in [3.63, 3.8) is 0 Å². The standard InChI is InChI=1S/C39H32O4/c40-22-24-42-31-17-13-29(14-18-31)39(30-15-19-32(20-16-30)43-25-23-41)37-11-4-3-9-35(37)36-21-12-28(26-38(36)39)34-10-5-7-27-6-1-2-8-33(27)34/h1-21,26,40-41H,22-25H2. The Labute approximate surface area is 251 Å². The molecule has 7 rings (SSSR count). The van der Waals surface area contributed by atoms with Gasteiger partial charge in [-0.05, 0) is 85.6 Å². The summed E-state index contributed by atoms with van der Waals surface area (Å²) in [4.78, 5) is 0. The first-order valence-electron chi connectivity index (χ1n) is 14.6. The molecule has 0 bridgehead atoms. The molecule has 0 aromatic heterocycles. The lowest BCUT2D eigenvalue weighted by atomic mass is 9.67. The molecule has 0 saturated heterocycles. The second kappa shape index (κ2) is 11.4. The van der Waals surface area contributed by atoms with E-state index in [1.165, 1.54) is 44.2 Å². The topological polar surface area (TPSA) is 58.9 Å². The molecule has 212 valence electrons. The Bertz CT molecular complexity index is 1830. The van der Waals surface area contributed by atoms with Gasteiger partial charge in [-0.2, -0.15) is 0 Å². The van der Waals surface area contributed by atoms with E-state index >= 15 is 0 Å². The Balaban J connectivity index is 1.49. The van der Waals surface area contributed by atoms with Crippen molar-refractivity contribution >= 4 is 10.8 Å². The number of ether oxygens (including phenoxy) is 2. The Morgan fingerprint density at radius 3 is 1.72 bits per heavy atom. The molecule has 0 unspecified atom stereocenters. The summed E-state index contributed by atoms with van der Waals surface area (Å²) >= 11 is 0. The van der Waals surface area contributed by atoms with E-state index in [9.17, 15) is 10.2 Å². The average Bonchev–Trinajstić information content (AvgIpc) is 3.37. The van der Waals surface area contributed by atoms with Crippen molar-refractivity contribution in [2.24, 2.45) is 0 Å². The molecule has 43 heavy (non-hydrogen) atoms. The van der Waals surface area contributed by atoms with Crippen LogP contribution in [0.1, 0.15) is 22.3 Å². The van der Waals surface area contributed by atoms with E-state index in [1.807, 2.05) is 24.3 Å². The summed E-state index contributed by atoms with van der Waals surface area (Å²) in [6.07, 6.45) is 0. The van der Waals surface area contributed by atoms with Crippen LogP contribution in [0.4, 0.5) is 0 Å². The Kier molecular flexibility index (Phi) is 7.15. The lowest BCUT2D eigenvalue weighted by Crippen LogP contribution is -2.28. The number of benzene rings is 6. The van der Waals surface area contributed by atoms with Crippen molar-refractivity contribution < 1.29 is 19.7 Å². The van der Waals surface area contributed by atoms with Crippen molar-refractivity contribution in [2.75, 3.05) is 26.4 Å². The van der Waals surface area contributed by atoms with Gasteiger partial charge in [0.05, 0.1) is 18.6 Å². The summed E-state index contributed by atoms with van der Waals surface area (Å²) in [5, 5.41) is 21.0. The van der Waals surface area contributed by atoms with Crippen molar-refractivity contribution in [1.29, 1.82) is 0 Å². The molecular formula is C39H32O4. The summed E-state index contributed by atoms with van der Waals surface area (Å²) in [5.41, 5.74) is 8.86. The number of fused-ring (bicyclic) bond motifs is 4. The quantitative estimate of drug-likeness (QED) is 0.189. The van der Waals surface area contributed by atoms with Gasteiger partial charge in [0, 0.05) is 0 Å².